The van der Waals surface area contributed by atoms with Crippen molar-refractivity contribution in [3.05, 3.63) is 224 Å². The molecule has 0 N–H and O–H groups in total. The van der Waals surface area contributed by atoms with E-state index >= 15 is 0 Å². The molecule has 58 heavy (non-hydrogen) atoms. The molecule has 2 heteroatoms. The minimum Gasteiger partial charge on any atom is -0.455 e. The summed E-state index contributed by atoms with van der Waals surface area (Å²) in [5, 5.41) is 5.43. The van der Waals surface area contributed by atoms with Gasteiger partial charge < -0.3 is 9.32 Å². The quantitative estimate of drug-likeness (QED) is 0.161. The van der Waals surface area contributed by atoms with Gasteiger partial charge in [0.15, 0.2) is 0 Å². The van der Waals surface area contributed by atoms with Gasteiger partial charge in [-0.25, -0.2) is 0 Å². The zero-order valence-corrected chi connectivity index (χ0v) is 31.1. The molecule has 0 atom stereocenters. The summed E-state index contributed by atoms with van der Waals surface area (Å²) in [4.78, 5) is 1.39. The maximum Gasteiger partial charge on any atom is 0.143 e. The van der Waals surface area contributed by atoms with Crippen molar-refractivity contribution in [2.24, 2.45) is 0 Å². The Morgan fingerprint density at radius 2 is 0.914 bits per heavy atom. The molecule has 0 aliphatic rings. The van der Waals surface area contributed by atoms with Gasteiger partial charge in [0.25, 0.3) is 0 Å². The van der Waals surface area contributed by atoms with Gasteiger partial charge in [0.1, 0.15) is 11.2 Å². The van der Waals surface area contributed by atoms with Crippen LogP contribution in [0.3, 0.4) is 0 Å². The summed E-state index contributed by atoms with van der Waals surface area (Å²) >= 11 is 0. The van der Waals surface area contributed by atoms with E-state index in [0.29, 0.717) is 22.4 Å². The van der Waals surface area contributed by atoms with Gasteiger partial charge in [-0.1, -0.05) is 170 Å². The van der Waals surface area contributed by atoms with Crippen LogP contribution in [-0.4, -0.2) is 0 Å². The minimum absolute atomic E-state index is 0.0962. The predicted octanol–water partition coefficient (Wildman–Crippen LogP) is 16.0. The van der Waals surface area contributed by atoms with Crippen LogP contribution in [0.5, 0.6) is 0 Å². The highest BCUT2D eigenvalue weighted by Crippen LogP contribution is 2.44. The summed E-state index contributed by atoms with van der Waals surface area (Å²) in [5.41, 5.74) is 5.91. The van der Waals surface area contributed by atoms with Crippen molar-refractivity contribution in [1.29, 1.82) is 0 Å². The first-order valence-electron chi connectivity index (χ1n) is 23.2. The number of anilines is 3. The number of hydrogen-bond donors (Lipinski definition) is 0. The Labute approximate surface area is 348 Å². The van der Waals surface area contributed by atoms with E-state index in [1.165, 1.54) is 4.90 Å². The molecule has 0 bridgehead atoms. The van der Waals surface area contributed by atoms with Gasteiger partial charge in [-0.15, -0.1) is 0 Å². The summed E-state index contributed by atoms with van der Waals surface area (Å²) in [5.74, 6) is 0. The first-order valence-corrected chi connectivity index (χ1v) is 19.2. The van der Waals surface area contributed by atoms with Gasteiger partial charge in [-0.05, 0) is 110 Å². The van der Waals surface area contributed by atoms with E-state index in [1.807, 2.05) is 146 Å². The zero-order chi connectivity index (χ0) is 45.4. The fourth-order valence-corrected chi connectivity index (χ4v) is 7.96. The fourth-order valence-electron chi connectivity index (χ4n) is 7.96. The molecule has 1 heterocycles. The smallest absolute Gasteiger partial charge is 0.143 e. The SMILES string of the molecule is [2H]c1c([2H])c(N(c2ccccc2-c2ccc3c(ccc4c5ccccc5oc34)c2)c2c([2H])c([2H])c(-c3cccc4ccccc34)c([2H])c2[2H])c([2H])c([2H])c1-c1ccc(-c2ccccc2)cc1. The number of nitrogens with zero attached hydrogens (tertiary/aromatic N) is 1. The lowest BCUT2D eigenvalue weighted by molar-refractivity contribution is 0.672. The molecule has 0 amide bonds. The van der Waals surface area contributed by atoms with Crippen LogP contribution in [0.1, 0.15) is 11.0 Å². The van der Waals surface area contributed by atoms with E-state index in [1.54, 1.807) is 30.3 Å². The zero-order valence-electron chi connectivity index (χ0n) is 39.1. The Hall–Kier alpha value is -7.68. The van der Waals surface area contributed by atoms with Gasteiger partial charge in [0.05, 0.1) is 16.7 Å². The van der Waals surface area contributed by atoms with Crippen LogP contribution < -0.4 is 4.90 Å². The summed E-state index contributed by atoms with van der Waals surface area (Å²) in [7, 11) is 0. The Bertz CT molecular complexity index is 3690. The van der Waals surface area contributed by atoms with Crippen molar-refractivity contribution in [1.82, 2.24) is 0 Å². The van der Waals surface area contributed by atoms with Gasteiger partial charge in [0, 0.05) is 33.1 Å². The third-order valence-electron chi connectivity index (χ3n) is 10.8. The molecule has 0 saturated carbocycles. The maximum atomic E-state index is 9.72. The third-order valence-corrected chi connectivity index (χ3v) is 10.8. The molecular weight excluding hydrogens is 703 g/mol. The van der Waals surface area contributed by atoms with Crippen LogP contribution in [0, 0.1) is 0 Å². The normalized spacial score (nSPS) is 13.4. The Balaban J connectivity index is 1.15. The largest absolute Gasteiger partial charge is 0.455 e. The van der Waals surface area contributed by atoms with E-state index in [0.717, 1.165) is 60.2 Å². The molecule has 10 aromatic carbocycles. The van der Waals surface area contributed by atoms with E-state index in [9.17, 15) is 11.0 Å². The average molecular weight is 748 g/mol. The Morgan fingerprint density at radius 1 is 0.345 bits per heavy atom. The molecule has 11 rings (SSSR count). The highest BCUT2D eigenvalue weighted by Gasteiger charge is 2.19. The summed E-state index contributed by atoms with van der Waals surface area (Å²) in [6, 6.07) is 52.5. The highest BCUT2D eigenvalue weighted by molar-refractivity contribution is 6.15. The number of para-hydroxylation sites is 2. The van der Waals surface area contributed by atoms with Crippen molar-refractivity contribution >= 4 is 60.5 Å². The van der Waals surface area contributed by atoms with Crippen molar-refractivity contribution in [3.63, 3.8) is 0 Å². The molecule has 1 aromatic heterocycles. The fraction of sp³-hybridized carbons (Fsp3) is 0. The van der Waals surface area contributed by atoms with Crippen LogP contribution in [0.25, 0.3) is 88.0 Å². The second-order valence-corrected chi connectivity index (χ2v) is 14.2. The molecule has 0 aliphatic heterocycles. The molecule has 2 nitrogen and oxygen atoms in total. The Morgan fingerprint density at radius 3 is 1.71 bits per heavy atom. The molecular formula is C56H37NO. The molecule has 0 fully saturated rings. The van der Waals surface area contributed by atoms with Crippen LogP contribution in [0.2, 0.25) is 0 Å². The predicted molar refractivity (Wildman–Crippen MR) is 245 cm³/mol. The topological polar surface area (TPSA) is 16.4 Å². The molecule has 272 valence electrons. The van der Waals surface area contributed by atoms with Crippen molar-refractivity contribution in [2.45, 2.75) is 0 Å². The average Bonchev–Trinajstić information content (AvgIpc) is 3.74. The standard InChI is InChI=1S/C56H37NO/c1-2-11-38(12-3-1)39-21-23-40(24-22-39)41-25-31-46(32-26-41)57(47-33-27-43(28-34-47)49-18-10-14-42-13-4-5-15-48(42)49)54-19-8-6-16-50(54)44-29-35-51-45(37-44)30-36-53-52-17-7-9-20-55(52)58-56(51)53/h1-37H/i25D,26D,27D,28D,31D,32D,33D,34D. The van der Waals surface area contributed by atoms with E-state index in [-0.39, 0.29) is 46.7 Å². The molecule has 0 saturated heterocycles. The van der Waals surface area contributed by atoms with Crippen molar-refractivity contribution in [3.8, 4) is 44.5 Å². The lowest BCUT2D eigenvalue weighted by Gasteiger charge is -2.28. The number of fused-ring (bicyclic) bond motifs is 6. The molecule has 0 aliphatic carbocycles. The third kappa shape index (κ3) is 5.91. The Kier molecular flexibility index (Phi) is 6.38. The van der Waals surface area contributed by atoms with Crippen LogP contribution >= 0.6 is 0 Å². The maximum absolute atomic E-state index is 9.72. The van der Waals surface area contributed by atoms with Crippen LogP contribution in [-0.2, 0) is 0 Å². The number of benzene rings is 10. The lowest BCUT2D eigenvalue weighted by atomic mass is 9.96. The monoisotopic (exact) mass is 747 g/mol. The van der Waals surface area contributed by atoms with Crippen LogP contribution in [0.4, 0.5) is 17.1 Å². The van der Waals surface area contributed by atoms with Crippen molar-refractivity contribution < 1.29 is 15.4 Å². The molecule has 0 spiro atoms. The summed E-state index contributed by atoms with van der Waals surface area (Å²) in [6.07, 6.45) is 0. The number of hydrogen-bond acceptors (Lipinski definition) is 2. The molecule has 0 unspecified atom stereocenters. The first kappa shape index (κ1) is 26.2. The van der Waals surface area contributed by atoms with E-state index < -0.39 is 24.2 Å². The van der Waals surface area contributed by atoms with Gasteiger partial charge in [-0.2, -0.15) is 0 Å². The second kappa shape index (κ2) is 14.1. The summed E-state index contributed by atoms with van der Waals surface area (Å²) in [6.45, 7) is 0. The lowest BCUT2D eigenvalue weighted by Crippen LogP contribution is -2.11. The number of rotatable bonds is 7. The van der Waals surface area contributed by atoms with Gasteiger partial charge in [0.2, 0.25) is 0 Å². The van der Waals surface area contributed by atoms with Gasteiger partial charge in [-0.3, -0.25) is 0 Å². The van der Waals surface area contributed by atoms with Gasteiger partial charge >= 0.3 is 0 Å². The first-order chi connectivity index (χ1) is 32.1. The minimum atomic E-state index is -0.409. The molecule has 0 radical (unpaired) electrons. The number of furan rings is 1. The van der Waals surface area contributed by atoms with Crippen LogP contribution in [0.15, 0.2) is 229 Å². The second-order valence-electron chi connectivity index (χ2n) is 14.2. The summed E-state index contributed by atoms with van der Waals surface area (Å²) < 4.78 is 83.2. The van der Waals surface area contributed by atoms with E-state index in [2.05, 4.69) is 0 Å². The van der Waals surface area contributed by atoms with E-state index in [4.69, 9.17) is 4.42 Å². The highest BCUT2D eigenvalue weighted by atomic mass is 16.3. The molecule has 11 aromatic rings. The van der Waals surface area contributed by atoms with Crippen molar-refractivity contribution in [2.75, 3.05) is 4.90 Å².